The maximum atomic E-state index is 12.6. The molecule has 0 heterocycles. The van der Waals surface area contributed by atoms with Gasteiger partial charge in [-0.3, -0.25) is 0 Å². The maximum absolute atomic E-state index is 12.6. The molecule has 0 fully saturated rings. The lowest BCUT2D eigenvalue weighted by molar-refractivity contribution is 0.175. The number of anilines is 1. The number of benzene rings is 1. The van der Waals surface area contributed by atoms with Crippen molar-refractivity contribution >= 4 is 15.7 Å². The quantitative estimate of drug-likeness (QED) is 0.669. The second-order valence-electron chi connectivity index (χ2n) is 5.48. The normalized spacial score (nSPS) is 14.9. The SMILES string of the molecule is CCc1cc(N)c(CC)c(S(=O)(=O)NC(C)CC(C)O)c1. The van der Waals surface area contributed by atoms with Gasteiger partial charge >= 0.3 is 0 Å². The summed E-state index contributed by atoms with van der Waals surface area (Å²) in [7, 11) is -3.64. The van der Waals surface area contributed by atoms with Crippen LogP contribution in [0, 0.1) is 0 Å². The zero-order chi connectivity index (χ0) is 16.2. The van der Waals surface area contributed by atoms with E-state index in [1.54, 1.807) is 19.9 Å². The molecule has 2 unspecified atom stereocenters. The van der Waals surface area contributed by atoms with Crippen molar-refractivity contribution in [3.63, 3.8) is 0 Å². The van der Waals surface area contributed by atoms with Gasteiger partial charge in [0.15, 0.2) is 0 Å². The van der Waals surface area contributed by atoms with Gasteiger partial charge < -0.3 is 10.8 Å². The summed E-state index contributed by atoms with van der Waals surface area (Å²) in [6.07, 6.45) is 1.08. The molecule has 0 aliphatic carbocycles. The molecule has 1 aromatic rings. The fourth-order valence-electron chi connectivity index (χ4n) is 2.44. The summed E-state index contributed by atoms with van der Waals surface area (Å²) in [5.74, 6) is 0. The topological polar surface area (TPSA) is 92.4 Å². The summed E-state index contributed by atoms with van der Waals surface area (Å²) in [5.41, 5.74) is 8.04. The van der Waals surface area contributed by atoms with Crippen molar-refractivity contribution in [2.75, 3.05) is 5.73 Å². The molecule has 5 nitrogen and oxygen atoms in total. The summed E-state index contributed by atoms with van der Waals surface area (Å²) >= 11 is 0. The van der Waals surface area contributed by atoms with E-state index in [0.29, 0.717) is 24.1 Å². The number of nitrogen functional groups attached to an aromatic ring is 1. The highest BCUT2D eigenvalue weighted by Crippen LogP contribution is 2.25. The first-order valence-electron chi connectivity index (χ1n) is 7.32. The Morgan fingerprint density at radius 1 is 1.24 bits per heavy atom. The van der Waals surface area contributed by atoms with Gasteiger partial charge in [0.25, 0.3) is 0 Å². The van der Waals surface area contributed by atoms with E-state index in [4.69, 9.17) is 5.73 Å². The van der Waals surface area contributed by atoms with Crippen LogP contribution in [0.15, 0.2) is 17.0 Å². The first kappa shape index (κ1) is 17.9. The molecule has 0 saturated carbocycles. The number of aryl methyl sites for hydroxylation is 1. The number of hydrogen-bond acceptors (Lipinski definition) is 4. The lowest BCUT2D eigenvalue weighted by Gasteiger charge is -2.18. The van der Waals surface area contributed by atoms with E-state index < -0.39 is 16.1 Å². The Kier molecular flexibility index (Phi) is 6.19. The van der Waals surface area contributed by atoms with E-state index in [-0.39, 0.29) is 10.9 Å². The van der Waals surface area contributed by atoms with E-state index in [0.717, 1.165) is 12.0 Å². The molecule has 120 valence electrons. The minimum atomic E-state index is -3.64. The highest BCUT2D eigenvalue weighted by Gasteiger charge is 2.23. The van der Waals surface area contributed by atoms with Crippen LogP contribution < -0.4 is 10.5 Å². The fraction of sp³-hybridized carbons (Fsp3) is 0.600. The Labute approximate surface area is 127 Å². The first-order valence-corrected chi connectivity index (χ1v) is 8.81. The van der Waals surface area contributed by atoms with Crippen LogP contribution in [-0.4, -0.2) is 25.7 Å². The summed E-state index contributed by atoms with van der Waals surface area (Å²) in [6, 6.07) is 3.18. The Hall–Kier alpha value is -1.11. The van der Waals surface area contributed by atoms with Crippen molar-refractivity contribution < 1.29 is 13.5 Å². The molecular weight excluding hydrogens is 288 g/mol. The molecular formula is C15H26N2O3S. The number of nitrogens with one attached hydrogen (secondary N) is 1. The Morgan fingerprint density at radius 3 is 2.33 bits per heavy atom. The number of rotatable bonds is 7. The van der Waals surface area contributed by atoms with E-state index in [2.05, 4.69) is 4.72 Å². The number of aliphatic hydroxyl groups is 1. The fourth-order valence-corrected chi connectivity index (χ4v) is 4.08. The van der Waals surface area contributed by atoms with Crippen molar-refractivity contribution in [3.05, 3.63) is 23.3 Å². The molecule has 0 saturated heterocycles. The van der Waals surface area contributed by atoms with Gasteiger partial charge in [0.2, 0.25) is 10.0 Å². The van der Waals surface area contributed by atoms with E-state index in [1.807, 2.05) is 19.9 Å². The Balaban J connectivity index is 3.20. The Morgan fingerprint density at radius 2 is 1.86 bits per heavy atom. The number of aliphatic hydroxyl groups excluding tert-OH is 1. The second kappa shape index (κ2) is 7.24. The van der Waals surface area contributed by atoms with Gasteiger partial charge in [-0.2, -0.15) is 0 Å². The van der Waals surface area contributed by atoms with Crippen LogP contribution in [0.2, 0.25) is 0 Å². The largest absolute Gasteiger partial charge is 0.398 e. The molecule has 0 amide bonds. The molecule has 0 aliphatic heterocycles. The molecule has 0 aliphatic rings. The molecule has 0 spiro atoms. The molecule has 0 aromatic heterocycles. The van der Waals surface area contributed by atoms with Crippen LogP contribution in [0.3, 0.4) is 0 Å². The smallest absolute Gasteiger partial charge is 0.241 e. The molecule has 1 aromatic carbocycles. The summed E-state index contributed by atoms with van der Waals surface area (Å²) in [5, 5.41) is 9.36. The van der Waals surface area contributed by atoms with Gasteiger partial charge in [-0.25, -0.2) is 13.1 Å². The molecule has 1 rings (SSSR count). The van der Waals surface area contributed by atoms with E-state index in [9.17, 15) is 13.5 Å². The van der Waals surface area contributed by atoms with Crippen molar-refractivity contribution in [2.45, 2.75) is 64.0 Å². The van der Waals surface area contributed by atoms with E-state index >= 15 is 0 Å². The highest BCUT2D eigenvalue weighted by molar-refractivity contribution is 7.89. The van der Waals surface area contributed by atoms with Crippen molar-refractivity contribution in [1.82, 2.24) is 4.72 Å². The van der Waals surface area contributed by atoms with Crippen molar-refractivity contribution in [2.24, 2.45) is 0 Å². The monoisotopic (exact) mass is 314 g/mol. The van der Waals surface area contributed by atoms with Gasteiger partial charge in [0, 0.05) is 11.7 Å². The first-order chi connectivity index (χ1) is 9.71. The van der Waals surface area contributed by atoms with Crippen LogP contribution in [0.5, 0.6) is 0 Å². The number of nitrogens with two attached hydrogens (primary N) is 1. The summed E-state index contributed by atoms with van der Waals surface area (Å²) < 4.78 is 27.8. The summed E-state index contributed by atoms with van der Waals surface area (Å²) in [6.45, 7) is 7.22. The molecule has 21 heavy (non-hydrogen) atoms. The average molecular weight is 314 g/mol. The number of sulfonamides is 1. The van der Waals surface area contributed by atoms with Crippen molar-refractivity contribution in [1.29, 1.82) is 0 Å². The second-order valence-corrected chi connectivity index (χ2v) is 7.16. The third-order valence-electron chi connectivity index (χ3n) is 3.41. The zero-order valence-corrected chi connectivity index (χ0v) is 14.0. The lowest BCUT2D eigenvalue weighted by Crippen LogP contribution is -2.35. The van der Waals surface area contributed by atoms with Gasteiger partial charge in [0.1, 0.15) is 0 Å². The predicted octanol–water partition coefficient (Wildman–Crippen LogP) is 1.83. The van der Waals surface area contributed by atoms with Gasteiger partial charge in [-0.1, -0.05) is 13.8 Å². The van der Waals surface area contributed by atoms with Gasteiger partial charge in [-0.15, -0.1) is 0 Å². The lowest BCUT2D eigenvalue weighted by atomic mass is 10.1. The molecule has 0 bridgehead atoms. The van der Waals surface area contributed by atoms with Crippen LogP contribution in [0.1, 0.15) is 45.2 Å². The minimum absolute atomic E-state index is 0.249. The zero-order valence-electron chi connectivity index (χ0n) is 13.2. The third-order valence-corrected chi connectivity index (χ3v) is 5.06. The van der Waals surface area contributed by atoms with Gasteiger partial charge in [0.05, 0.1) is 11.0 Å². The number of hydrogen-bond donors (Lipinski definition) is 3. The molecule has 2 atom stereocenters. The molecule has 6 heteroatoms. The average Bonchev–Trinajstić information content (AvgIpc) is 2.35. The minimum Gasteiger partial charge on any atom is -0.398 e. The van der Waals surface area contributed by atoms with Crippen molar-refractivity contribution in [3.8, 4) is 0 Å². The van der Waals surface area contributed by atoms with Gasteiger partial charge in [-0.05, 0) is 56.4 Å². The van der Waals surface area contributed by atoms with Crippen LogP contribution in [0.4, 0.5) is 5.69 Å². The standard InChI is InChI=1S/C15H26N2O3S/c1-5-12-8-14(16)13(6-2)15(9-12)21(19,20)17-10(3)7-11(4)18/h8-11,17-18H,5-7,16H2,1-4H3. The van der Waals surface area contributed by atoms with Crippen LogP contribution >= 0.6 is 0 Å². The van der Waals surface area contributed by atoms with Crippen LogP contribution in [-0.2, 0) is 22.9 Å². The predicted molar refractivity (Wildman–Crippen MR) is 85.7 cm³/mol. The third kappa shape index (κ3) is 4.69. The summed E-state index contributed by atoms with van der Waals surface area (Å²) in [4.78, 5) is 0.249. The highest BCUT2D eigenvalue weighted by atomic mass is 32.2. The molecule has 4 N–H and O–H groups in total. The maximum Gasteiger partial charge on any atom is 0.241 e. The molecule has 0 radical (unpaired) electrons. The Bertz CT molecular complexity index is 583. The van der Waals surface area contributed by atoms with Crippen LogP contribution in [0.25, 0.3) is 0 Å². The van der Waals surface area contributed by atoms with E-state index in [1.165, 1.54) is 0 Å².